The van der Waals surface area contributed by atoms with Crippen LogP contribution in [-0.4, -0.2) is 16.0 Å². The van der Waals surface area contributed by atoms with Gasteiger partial charge in [-0.2, -0.15) is 18.3 Å². The largest absolute Gasteiger partial charge is 0.410 e. The maximum absolute atomic E-state index is 13.1. The fraction of sp³-hybridized carbons (Fsp3) is 0.308. The number of nitrogens with zero attached hydrogens (tertiary/aromatic N) is 2. The number of hydrogen-bond acceptors (Lipinski definition) is 2. The predicted molar refractivity (Wildman–Crippen MR) is 64.7 cm³/mol. The minimum Gasteiger partial charge on any atom is -0.363 e. The molecule has 0 radical (unpaired) electrons. The van der Waals surface area contributed by atoms with E-state index in [1.165, 1.54) is 36.5 Å². The highest BCUT2D eigenvalue weighted by molar-refractivity contribution is 5.41. The second kappa shape index (κ2) is 4.50. The number of anilines is 1. The molecule has 3 rings (SSSR count). The molecule has 0 unspecified atom stereocenters. The van der Waals surface area contributed by atoms with Gasteiger partial charge in [0.05, 0.1) is 12.2 Å². The normalized spacial score (nSPS) is 22.2. The number of benzene rings is 1. The molecule has 1 aliphatic heterocycles. The van der Waals surface area contributed by atoms with E-state index in [0.29, 0.717) is 11.4 Å². The molecule has 106 valence electrons. The van der Waals surface area contributed by atoms with E-state index in [1.807, 2.05) is 0 Å². The zero-order valence-electron chi connectivity index (χ0n) is 10.2. The van der Waals surface area contributed by atoms with Gasteiger partial charge in [0.1, 0.15) is 11.6 Å². The molecule has 0 spiro atoms. The Morgan fingerprint density at radius 2 is 1.85 bits per heavy atom. The molecule has 7 heteroatoms. The first kappa shape index (κ1) is 13.0. The number of hydrogen-bond donors (Lipinski definition) is 1. The van der Waals surface area contributed by atoms with Crippen LogP contribution in [0.1, 0.15) is 24.1 Å². The van der Waals surface area contributed by atoms with Gasteiger partial charge in [0.25, 0.3) is 0 Å². The molecule has 2 heterocycles. The number of halogens is 4. The first-order valence-electron chi connectivity index (χ1n) is 6.07. The Morgan fingerprint density at radius 1 is 1.15 bits per heavy atom. The van der Waals surface area contributed by atoms with E-state index in [1.54, 1.807) is 0 Å². The molecule has 2 atom stereocenters. The molecule has 0 fully saturated rings. The quantitative estimate of drug-likeness (QED) is 0.810. The third-order valence-electron chi connectivity index (χ3n) is 3.40. The smallest absolute Gasteiger partial charge is 0.363 e. The van der Waals surface area contributed by atoms with Gasteiger partial charge in [0.2, 0.25) is 0 Å². The van der Waals surface area contributed by atoms with Crippen molar-refractivity contribution in [3.8, 4) is 0 Å². The summed E-state index contributed by atoms with van der Waals surface area (Å²) in [6.45, 7) is 0. The van der Waals surface area contributed by atoms with Gasteiger partial charge in [-0.1, -0.05) is 12.1 Å². The van der Waals surface area contributed by atoms with Crippen LogP contribution in [0, 0.1) is 5.82 Å². The van der Waals surface area contributed by atoms with Gasteiger partial charge in [0.15, 0.2) is 6.04 Å². The van der Waals surface area contributed by atoms with Crippen LogP contribution in [0.2, 0.25) is 0 Å². The standard InChI is InChI=1S/C13H11F4N3/c14-9-3-1-8(2-4-9)10-7-11(13(15,16)17)20-12(19-10)5-6-18-20/h1-6,10-11,19H,7H2/t10-,11-/m1/s1. The molecule has 1 aromatic carbocycles. The minimum absolute atomic E-state index is 0.177. The van der Waals surface area contributed by atoms with Crippen molar-refractivity contribution in [1.29, 1.82) is 0 Å². The molecular formula is C13H11F4N3. The van der Waals surface area contributed by atoms with Gasteiger partial charge in [0, 0.05) is 12.5 Å². The van der Waals surface area contributed by atoms with Crippen LogP contribution < -0.4 is 5.32 Å². The van der Waals surface area contributed by atoms with Crippen molar-refractivity contribution in [2.75, 3.05) is 5.32 Å². The van der Waals surface area contributed by atoms with Crippen molar-refractivity contribution >= 4 is 5.82 Å². The van der Waals surface area contributed by atoms with E-state index < -0.39 is 24.1 Å². The van der Waals surface area contributed by atoms with Gasteiger partial charge in [-0.15, -0.1) is 0 Å². The third-order valence-corrected chi connectivity index (χ3v) is 3.40. The molecule has 1 aromatic heterocycles. The van der Waals surface area contributed by atoms with E-state index in [4.69, 9.17) is 0 Å². The average Bonchev–Trinajstić information content (AvgIpc) is 2.85. The Hall–Kier alpha value is -2.05. The molecule has 3 nitrogen and oxygen atoms in total. The number of alkyl halides is 3. The second-order valence-electron chi connectivity index (χ2n) is 4.70. The first-order chi connectivity index (χ1) is 9.45. The highest BCUT2D eigenvalue weighted by Gasteiger charge is 2.46. The number of nitrogens with one attached hydrogen (secondary N) is 1. The molecule has 0 saturated carbocycles. The summed E-state index contributed by atoms with van der Waals surface area (Å²) in [6.07, 6.45) is -3.22. The monoisotopic (exact) mass is 285 g/mol. The average molecular weight is 285 g/mol. The fourth-order valence-corrected chi connectivity index (χ4v) is 2.42. The SMILES string of the molecule is Fc1ccc([C@H]2C[C@H](C(F)(F)F)n3nccc3N2)cc1. The number of aromatic nitrogens is 2. The predicted octanol–water partition coefficient (Wildman–Crippen LogP) is 3.68. The van der Waals surface area contributed by atoms with E-state index in [9.17, 15) is 17.6 Å². The summed E-state index contributed by atoms with van der Waals surface area (Å²) >= 11 is 0. The molecule has 0 bridgehead atoms. The Kier molecular flexibility index (Phi) is 2.92. The van der Waals surface area contributed by atoms with Crippen LogP contribution in [0.15, 0.2) is 36.5 Å². The summed E-state index contributed by atoms with van der Waals surface area (Å²) in [6, 6.07) is 4.76. The lowest BCUT2D eigenvalue weighted by molar-refractivity contribution is -0.173. The maximum atomic E-state index is 13.1. The summed E-state index contributed by atoms with van der Waals surface area (Å²) in [5, 5.41) is 6.71. The lowest BCUT2D eigenvalue weighted by Crippen LogP contribution is -2.35. The van der Waals surface area contributed by atoms with Crippen LogP contribution in [0.3, 0.4) is 0 Å². The van der Waals surface area contributed by atoms with Crippen molar-refractivity contribution in [3.05, 3.63) is 47.9 Å². The zero-order chi connectivity index (χ0) is 14.3. The Bertz CT molecular complexity index is 603. The fourth-order valence-electron chi connectivity index (χ4n) is 2.42. The lowest BCUT2D eigenvalue weighted by Gasteiger charge is -2.33. The van der Waals surface area contributed by atoms with E-state index in [0.717, 1.165) is 4.68 Å². The van der Waals surface area contributed by atoms with Crippen LogP contribution in [0.25, 0.3) is 0 Å². The minimum atomic E-state index is -4.37. The molecule has 2 aromatic rings. The van der Waals surface area contributed by atoms with Gasteiger partial charge in [-0.3, -0.25) is 0 Å². The van der Waals surface area contributed by atoms with Gasteiger partial charge in [-0.25, -0.2) is 9.07 Å². The molecule has 0 amide bonds. The van der Waals surface area contributed by atoms with Crippen LogP contribution >= 0.6 is 0 Å². The highest BCUT2D eigenvalue weighted by Crippen LogP contribution is 2.43. The zero-order valence-corrected chi connectivity index (χ0v) is 10.2. The van der Waals surface area contributed by atoms with Crippen molar-refractivity contribution in [2.24, 2.45) is 0 Å². The molecule has 20 heavy (non-hydrogen) atoms. The van der Waals surface area contributed by atoms with Crippen molar-refractivity contribution in [2.45, 2.75) is 24.7 Å². The summed E-state index contributed by atoms with van der Waals surface area (Å²) in [7, 11) is 0. The Balaban J connectivity index is 1.95. The lowest BCUT2D eigenvalue weighted by atomic mass is 9.97. The summed E-state index contributed by atoms with van der Waals surface area (Å²) in [5.74, 6) is -0.102. The van der Waals surface area contributed by atoms with Crippen LogP contribution in [-0.2, 0) is 0 Å². The number of fused-ring (bicyclic) bond motifs is 1. The molecule has 1 N–H and O–H groups in total. The van der Waals surface area contributed by atoms with Crippen molar-refractivity contribution in [1.82, 2.24) is 9.78 Å². The maximum Gasteiger partial charge on any atom is 0.410 e. The Labute approximate surface area is 112 Å². The number of rotatable bonds is 1. The van der Waals surface area contributed by atoms with E-state index >= 15 is 0 Å². The van der Waals surface area contributed by atoms with E-state index in [-0.39, 0.29) is 6.42 Å². The summed E-state index contributed by atoms with van der Waals surface area (Å²) in [5.41, 5.74) is 0.619. The molecule has 0 aliphatic carbocycles. The van der Waals surface area contributed by atoms with Gasteiger partial charge < -0.3 is 5.32 Å². The topological polar surface area (TPSA) is 29.9 Å². The molecule has 0 saturated heterocycles. The van der Waals surface area contributed by atoms with Crippen molar-refractivity contribution < 1.29 is 17.6 Å². The van der Waals surface area contributed by atoms with Gasteiger partial charge >= 0.3 is 6.18 Å². The summed E-state index contributed by atoms with van der Waals surface area (Å²) in [4.78, 5) is 0. The first-order valence-corrected chi connectivity index (χ1v) is 6.07. The Morgan fingerprint density at radius 3 is 2.50 bits per heavy atom. The molecular weight excluding hydrogens is 274 g/mol. The van der Waals surface area contributed by atoms with Crippen LogP contribution in [0.4, 0.5) is 23.4 Å². The van der Waals surface area contributed by atoms with Gasteiger partial charge in [-0.05, 0) is 17.7 Å². The third kappa shape index (κ3) is 2.23. The second-order valence-corrected chi connectivity index (χ2v) is 4.70. The van der Waals surface area contributed by atoms with Crippen LogP contribution in [0.5, 0.6) is 0 Å². The van der Waals surface area contributed by atoms with Crippen molar-refractivity contribution in [3.63, 3.8) is 0 Å². The summed E-state index contributed by atoms with van der Waals surface area (Å²) < 4.78 is 53.1. The molecule has 1 aliphatic rings. The highest BCUT2D eigenvalue weighted by atomic mass is 19.4. The van der Waals surface area contributed by atoms with E-state index in [2.05, 4.69) is 10.4 Å².